The molecule has 1 atom stereocenters. The molecule has 1 unspecified atom stereocenters. The maximum atomic E-state index is 6.51. The van der Waals surface area contributed by atoms with Crippen LogP contribution in [0.15, 0.2) is 6.33 Å². The molecule has 0 radical (unpaired) electrons. The van der Waals surface area contributed by atoms with Crippen molar-refractivity contribution in [2.75, 3.05) is 0 Å². The van der Waals surface area contributed by atoms with Crippen LogP contribution in [-0.4, -0.2) is 20.3 Å². The second-order valence-corrected chi connectivity index (χ2v) is 6.59. The highest BCUT2D eigenvalue weighted by atomic mass is 15.3. The van der Waals surface area contributed by atoms with Gasteiger partial charge in [-0.25, -0.2) is 9.67 Å². The third kappa shape index (κ3) is 2.68. The van der Waals surface area contributed by atoms with E-state index in [-0.39, 0.29) is 5.54 Å². The van der Waals surface area contributed by atoms with E-state index in [1.807, 2.05) is 4.68 Å². The molecule has 0 spiro atoms. The molecule has 1 heterocycles. The van der Waals surface area contributed by atoms with Crippen molar-refractivity contribution in [1.82, 2.24) is 14.8 Å². The van der Waals surface area contributed by atoms with E-state index in [4.69, 9.17) is 5.73 Å². The lowest BCUT2D eigenvalue weighted by Crippen LogP contribution is -2.41. The zero-order chi connectivity index (χ0) is 12.7. The zero-order valence-corrected chi connectivity index (χ0v) is 11.4. The van der Waals surface area contributed by atoms with Crippen LogP contribution in [0.2, 0.25) is 0 Å². The SMILES string of the molecule is CC(C)n1ncnc1CC1(N)CCC(C)(C)C1. The Bertz CT molecular complexity index is 394. The quantitative estimate of drug-likeness (QED) is 0.876. The molecule has 17 heavy (non-hydrogen) atoms. The van der Waals surface area contributed by atoms with E-state index in [2.05, 4.69) is 37.8 Å². The van der Waals surface area contributed by atoms with Crippen LogP contribution in [0.5, 0.6) is 0 Å². The highest BCUT2D eigenvalue weighted by Crippen LogP contribution is 2.43. The van der Waals surface area contributed by atoms with Crippen LogP contribution >= 0.6 is 0 Å². The van der Waals surface area contributed by atoms with E-state index in [1.165, 1.54) is 6.42 Å². The summed E-state index contributed by atoms with van der Waals surface area (Å²) >= 11 is 0. The number of aromatic nitrogens is 3. The lowest BCUT2D eigenvalue weighted by Gasteiger charge is -2.26. The first kappa shape index (κ1) is 12.6. The van der Waals surface area contributed by atoms with Crippen molar-refractivity contribution in [3.8, 4) is 0 Å². The van der Waals surface area contributed by atoms with Gasteiger partial charge in [-0.2, -0.15) is 5.10 Å². The van der Waals surface area contributed by atoms with Gasteiger partial charge in [-0.1, -0.05) is 13.8 Å². The lowest BCUT2D eigenvalue weighted by molar-refractivity contribution is 0.326. The Morgan fingerprint density at radius 1 is 1.41 bits per heavy atom. The minimum Gasteiger partial charge on any atom is -0.325 e. The Balaban J connectivity index is 2.13. The average molecular weight is 236 g/mol. The van der Waals surface area contributed by atoms with Crippen LogP contribution in [0.25, 0.3) is 0 Å². The van der Waals surface area contributed by atoms with E-state index in [0.717, 1.165) is 25.1 Å². The topological polar surface area (TPSA) is 56.7 Å². The van der Waals surface area contributed by atoms with Gasteiger partial charge in [0.15, 0.2) is 0 Å². The molecule has 4 nitrogen and oxygen atoms in total. The molecule has 0 aliphatic heterocycles. The Morgan fingerprint density at radius 2 is 2.12 bits per heavy atom. The average Bonchev–Trinajstić information content (AvgIpc) is 2.71. The summed E-state index contributed by atoms with van der Waals surface area (Å²) in [5.74, 6) is 1.03. The van der Waals surface area contributed by atoms with Crippen molar-refractivity contribution in [3.05, 3.63) is 12.2 Å². The van der Waals surface area contributed by atoms with E-state index in [9.17, 15) is 0 Å². The number of hydrogen-bond donors (Lipinski definition) is 1. The summed E-state index contributed by atoms with van der Waals surface area (Å²) in [4.78, 5) is 4.37. The van der Waals surface area contributed by atoms with Gasteiger partial charge in [-0.05, 0) is 38.5 Å². The van der Waals surface area contributed by atoms with Crippen LogP contribution in [0.3, 0.4) is 0 Å². The van der Waals surface area contributed by atoms with Crippen molar-refractivity contribution in [2.45, 2.75) is 65.0 Å². The Hall–Kier alpha value is -0.900. The molecule has 96 valence electrons. The third-order valence-electron chi connectivity index (χ3n) is 3.78. The number of rotatable bonds is 3. The summed E-state index contributed by atoms with van der Waals surface area (Å²) in [5.41, 5.74) is 6.79. The van der Waals surface area contributed by atoms with Crippen LogP contribution in [0, 0.1) is 5.41 Å². The second-order valence-electron chi connectivity index (χ2n) is 6.59. The molecule has 2 N–H and O–H groups in total. The van der Waals surface area contributed by atoms with Gasteiger partial charge in [0, 0.05) is 18.0 Å². The van der Waals surface area contributed by atoms with Gasteiger partial charge in [0.1, 0.15) is 12.2 Å². The van der Waals surface area contributed by atoms with E-state index in [1.54, 1.807) is 6.33 Å². The highest BCUT2D eigenvalue weighted by molar-refractivity contribution is 5.04. The van der Waals surface area contributed by atoms with Gasteiger partial charge >= 0.3 is 0 Å². The minimum atomic E-state index is -0.0941. The molecule has 0 bridgehead atoms. The van der Waals surface area contributed by atoms with Crippen molar-refractivity contribution < 1.29 is 0 Å². The van der Waals surface area contributed by atoms with Gasteiger partial charge in [0.2, 0.25) is 0 Å². The number of hydrogen-bond acceptors (Lipinski definition) is 3. The van der Waals surface area contributed by atoms with Gasteiger partial charge in [-0.3, -0.25) is 0 Å². The molecule has 1 aliphatic carbocycles. The molecular formula is C13H24N4. The predicted molar refractivity (Wildman–Crippen MR) is 68.7 cm³/mol. The normalized spacial score (nSPS) is 27.9. The van der Waals surface area contributed by atoms with Crippen molar-refractivity contribution in [2.24, 2.45) is 11.1 Å². The maximum absolute atomic E-state index is 6.51. The summed E-state index contributed by atoms with van der Waals surface area (Å²) in [5, 5.41) is 4.28. The fraction of sp³-hybridized carbons (Fsp3) is 0.846. The molecule has 1 aromatic rings. The third-order valence-corrected chi connectivity index (χ3v) is 3.78. The summed E-state index contributed by atoms with van der Waals surface area (Å²) < 4.78 is 1.99. The van der Waals surface area contributed by atoms with E-state index >= 15 is 0 Å². The Kier molecular flexibility index (Phi) is 3.02. The first-order valence-electron chi connectivity index (χ1n) is 6.49. The Labute approximate surface area is 104 Å². The van der Waals surface area contributed by atoms with E-state index < -0.39 is 0 Å². The van der Waals surface area contributed by atoms with Gasteiger partial charge in [0.05, 0.1) is 0 Å². The summed E-state index contributed by atoms with van der Waals surface area (Å²) in [6, 6.07) is 0.352. The minimum absolute atomic E-state index is 0.0941. The molecule has 1 saturated carbocycles. The first-order valence-corrected chi connectivity index (χ1v) is 6.49. The maximum Gasteiger partial charge on any atom is 0.138 e. The van der Waals surface area contributed by atoms with Crippen LogP contribution in [0.1, 0.15) is 58.8 Å². The molecule has 0 aromatic carbocycles. The predicted octanol–water partition coefficient (Wildman–Crippen LogP) is 2.31. The summed E-state index contributed by atoms with van der Waals surface area (Å²) in [7, 11) is 0. The monoisotopic (exact) mass is 236 g/mol. The standard InChI is InChI=1S/C13H24N4/c1-10(2)17-11(15-9-16-17)7-13(14)6-5-12(3,4)8-13/h9-10H,5-8,14H2,1-4H3. The molecule has 2 rings (SSSR count). The Morgan fingerprint density at radius 3 is 2.65 bits per heavy atom. The fourth-order valence-corrected chi connectivity index (χ4v) is 3.01. The smallest absolute Gasteiger partial charge is 0.138 e. The molecule has 0 saturated heterocycles. The fourth-order valence-electron chi connectivity index (χ4n) is 3.01. The first-order chi connectivity index (χ1) is 7.81. The second kappa shape index (κ2) is 4.09. The van der Waals surface area contributed by atoms with Crippen LogP contribution < -0.4 is 5.73 Å². The van der Waals surface area contributed by atoms with Gasteiger partial charge in [0.25, 0.3) is 0 Å². The van der Waals surface area contributed by atoms with Gasteiger partial charge < -0.3 is 5.73 Å². The lowest BCUT2D eigenvalue weighted by atomic mass is 9.86. The summed E-state index contributed by atoms with van der Waals surface area (Å²) in [6.07, 6.45) is 5.85. The molecule has 1 aromatic heterocycles. The highest BCUT2D eigenvalue weighted by Gasteiger charge is 2.41. The van der Waals surface area contributed by atoms with Crippen molar-refractivity contribution in [1.29, 1.82) is 0 Å². The van der Waals surface area contributed by atoms with Gasteiger partial charge in [-0.15, -0.1) is 0 Å². The van der Waals surface area contributed by atoms with E-state index in [0.29, 0.717) is 11.5 Å². The van der Waals surface area contributed by atoms with Crippen LogP contribution in [0.4, 0.5) is 0 Å². The zero-order valence-electron chi connectivity index (χ0n) is 11.4. The molecule has 0 amide bonds. The molecular weight excluding hydrogens is 212 g/mol. The molecule has 1 fully saturated rings. The number of nitrogens with zero attached hydrogens (tertiary/aromatic N) is 3. The van der Waals surface area contributed by atoms with Crippen molar-refractivity contribution >= 4 is 0 Å². The molecule has 4 heteroatoms. The molecule has 1 aliphatic rings. The number of nitrogens with two attached hydrogens (primary N) is 1. The van der Waals surface area contributed by atoms with Crippen molar-refractivity contribution in [3.63, 3.8) is 0 Å². The van der Waals surface area contributed by atoms with Crippen LogP contribution in [-0.2, 0) is 6.42 Å². The summed E-state index contributed by atoms with van der Waals surface area (Å²) in [6.45, 7) is 8.85. The largest absolute Gasteiger partial charge is 0.325 e.